The van der Waals surface area contributed by atoms with E-state index in [2.05, 4.69) is 15.3 Å². The van der Waals surface area contributed by atoms with Crippen molar-refractivity contribution in [2.45, 2.75) is 52.2 Å². The maximum absolute atomic E-state index is 9.72. The molecule has 0 aromatic carbocycles. The number of hydrogen-bond acceptors (Lipinski definition) is 4. The molecule has 5 heteroatoms. The minimum atomic E-state index is -0.253. The van der Waals surface area contributed by atoms with Gasteiger partial charge in [-0.3, -0.25) is 0 Å². The van der Waals surface area contributed by atoms with Crippen molar-refractivity contribution in [3.8, 4) is 0 Å². The smallest absolute Gasteiger partial charge is 0.135 e. The predicted octanol–water partition coefficient (Wildman–Crippen LogP) is 2.82. The van der Waals surface area contributed by atoms with Crippen LogP contribution >= 0.6 is 11.6 Å². The van der Waals surface area contributed by atoms with Gasteiger partial charge in [-0.1, -0.05) is 39.3 Å². The zero-order valence-corrected chi connectivity index (χ0v) is 12.0. The predicted molar refractivity (Wildman–Crippen MR) is 72.9 cm³/mol. The van der Waals surface area contributed by atoms with Crippen LogP contribution in [0, 0.1) is 5.41 Å². The Hall–Kier alpha value is -0.870. The molecule has 2 N–H and O–H groups in total. The monoisotopic (exact) mass is 269 g/mol. The normalized spacial score (nSPS) is 25.9. The van der Waals surface area contributed by atoms with Gasteiger partial charge in [0.05, 0.1) is 6.10 Å². The van der Waals surface area contributed by atoms with Crippen molar-refractivity contribution >= 4 is 17.4 Å². The second kappa shape index (κ2) is 4.67. The summed E-state index contributed by atoms with van der Waals surface area (Å²) in [5.74, 6) is 1.72. The number of anilines is 1. The first-order chi connectivity index (χ1) is 8.30. The first-order valence-corrected chi connectivity index (χ1v) is 6.67. The van der Waals surface area contributed by atoms with Crippen molar-refractivity contribution in [1.29, 1.82) is 0 Å². The van der Waals surface area contributed by atoms with E-state index in [0.29, 0.717) is 5.15 Å². The van der Waals surface area contributed by atoms with Gasteiger partial charge in [0, 0.05) is 23.4 Å². The van der Waals surface area contributed by atoms with Crippen LogP contribution < -0.4 is 5.32 Å². The van der Waals surface area contributed by atoms with Crippen LogP contribution in [0.15, 0.2) is 6.07 Å². The fourth-order valence-corrected chi connectivity index (χ4v) is 2.28. The van der Waals surface area contributed by atoms with Crippen LogP contribution in [0.25, 0.3) is 0 Å². The molecule has 0 spiro atoms. The zero-order chi connectivity index (χ0) is 13.5. The summed E-state index contributed by atoms with van der Waals surface area (Å²) in [7, 11) is 0. The Labute approximate surface area is 113 Å². The molecule has 4 nitrogen and oxygen atoms in total. The van der Waals surface area contributed by atoms with Gasteiger partial charge in [0.25, 0.3) is 0 Å². The number of rotatable bonds is 3. The minimum absolute atomic E-state index is 0.130. The fraction of sp³-hybridized carbons (Fsp3) is 0.692. The van der Waals surface area contributed by atoms with E-state index in [4.69, 9.17) is 11.6 Å². The molecule has 1 aromatic heterocycles. The van der Waals surface area contributed by atoms with Gasteiger partial charge in [-0.05, 0) is 6.42 Å². The summed E-state index contributed by atoms with van der Waals surface area (Å²) in [5.41, 5.74) is -0.130. The molecule has 1 saturated carbocycles. The highest BCUT2D eigenvalue weighted by Gasteiger charge is 2.47. The number of nitrogens with one attached hydrogen (secondary N) is 1. The van der Waals surface area contributed by atoms with E-state index in [0.717, 1.165) is 18.1 Å². The second-order valence-corrected chi connectivity index (χ2v) is 6.25. The Morgan fingerprint density at radius 3 is 2.61 bits per heavy atom. The van der Waals surface area contributed by atoms with Crippen LogP contribution in [0.4, 0.5) is 5.82 Å². The SMILES string of the molecule is CC(C)c1nc(Cl)cc(NC2CC(O)C2(C)C)n1. The molecule has 1 aliphatic carbocycles. The number of aliphatic hydroxyl groups is 1. The van der Waals surface area contributed by atoms with E-state index in [1.165, 1.54) is 0 Å². The summed E-state index contributed by atoms with van der Waals surface area (Å²) in [4.78, 5) is 8.66. The molecule has 0 saturated heterocycles. The molecule has 2 rings (SSSR count). The summed E-state index contributed by atoms with van der Waals surface area (Å²) in [6, 6.07) is 1.95. The minimum Gasteiger partial charge on any atom is -0.392 e. The molecular weight excluding hydrogens is 250 g/mol. The molecular formula is C13H20ClN3O. The van der Waals surface area contributed by atoms with Crippen molar-refractivity contribution in [1.82, 2.24) is 9.97 Å². The highest BCUT2D eigenvalue weighted by atomic mass is 35.5. The molecule has 1 fully saturated rings. The van der Waals surface area contributed by atoms with E-state index in [9.17, 15) is 5.11 Å². The third kappa shape index (κ3) is 2.45. The van der Waals surface area contributed by atoms with Crippen molar-refractivity contribution in [2.24, 2.45) is 5.41 Å². The third-order valence-electron chi connectivity index (χ3n) is 3.77. The van der Waals surface area contributed by atoms with Gasteiger partial charge in [-0.15, -0.1) is 0 Å². The number of halogens is 1. The standard InChI is InChI=1S/C13H20ClN3O/c1-7(2)12-16-10(14)6-11(17-12)15-8-5-9(18)13(8,3)4/h6-9,18H,5H2,1-4H3,(H,15,16,17). The topological polar surface area (TPSA) is 58.0 Å². The second-order valence-electron chi connectivity index (χ2n) is 5.86. The fourth-order valence-electron chi connectivity index (χ4n) is 2.09. The lowest BCUT2D eigenvalue weighted by Gasteiger charge is -2.49. The van der Waals surface area contributed by atoms with E-state index in [-0.39, 0.29) is 23.5 Å². The van der Waals surface area contributed by atoms with E-state index in [1.807, 2.05) is 27.7 Å². The average Bonchev–Trinajstić information content (AvgIpc) is 2.28. The number of aliphatic hydroxyl groups excluding tert-OH is 1. The van der Waals surface area contributed by atoms with Gasteiger partial charge in [0.1, 0.15) is 16.8 Å². The Morgan fingerprint density at radius 1 is 1.44 bits per heavy atom. The largest absolute Gasteiger partial charge is 0.392 e. The van der Waals surface area contributed by atoms with Crippen LogP contribution in [-0.2, 0) is 0 Å². The summed E-state index contributed by atoms with van der Waals surface area (Å²) in [6.45, 7) is 8.16. The summed E-state index contributed by atoms with van der Waals surface area (Å²) in [6.07, 6.45) is 0.489. The van der Waals surface area contributed by atoms with Crippen LogP contribution in [0.3, 0.4) is 0 Å². The lowest BCUT2D eigenvalue weighted by molar-refractivity contribution is -0.0511. The van der Waals surface area contributed by atoms with Gasteiger partial charge in [0.2, 0.25) is 0 Å². The molecule has 0 aliphatic heterocycles. The Balaban J connectivity index is 2.15. The molecule has 1 heterocycles. The summed E-state index contributed by atoms with van der Waals surface area (Å²) >= 11 is 6.00. The Morgan fingerprint density at radius 2 is 2.11 bits per heavy atom. The van der Waals surface area contributed by atoms with Crippen molar-refractivity contribution in [3.63, 3.8) is 0 Å². The maximum Gasteiger partial charge on any atom is 0.135 e. The van der Waals surface area contributed by atoms with Crippen LogP contribution in [0.1, 0.15) is 45.9 Å². The first kappa shape index (κ1) is 13.6. The summed E-state index contributed by atoms with van der Waals surface area (Å²) < 4.78 is 0. The van der Waals surface area contributed by atoms with Crippen LogP contribution in [-0.4, -0.2) is 27.2 Å². The summed E-state index contributed by atoms with van der Waals surface area (Å²) in [5, 5.41) is 13.5. The quantitative estimate of drug-likeness (QED) is 0.829. The van der Waals surface area contributed by atoms with Crippen molar-refractivity contribution < 1.29 is 5.11 Å². The Kier molecular flexibility index (Phi) is 3.52. The molecule has 18 heavy (non-hydrogen) atoms. The molecule has 100 valence electrons. The molecule has 0 amide bonds. The third-order valence-corrected chi connectivity index (χ3v) is 3.96. The first-order valence-electron chi connectivity index (χ1n) is 6.29. The Bertz CT molecular complexity index is 448. The van der Waals surface area contributed by atoms with Gasteiger partial charge in [0.15, 0.2) is 0 Å². The van der Waals surface area contributed by atoms with Crippen molar-refractivity contribution in [3.05, 3.63) is 17.0 Å². The zero-order valence-electron chi connectivity index (χ0n) is 11.2. The number of aromatic nitrogens is 2. The maximum atomic E-state index is 9.72. The van der Waals surface area contributed by atoms with Gasteiger partial charge < -0.3 is 10.4 Å². The van der Waals surface area contributed by atoms with E-state index in [1.54, 1.807) is 6.07 Å². The van der Waals surface area contributed by atoms with Crippen LogP contribution in [0.5, 0.6) is 0 Å². The molecule has 0 radical (unpaired) electrons. The number of nitrogens with zero attached hydrogens (tertiary/aromatic N) is 2. The highest BCUT2D eigenvalue weighted by molar-refractivity contribution is 6.29. The van der Waals surface area contributed by atoms with E-state index < -0.39 is 0 Å². The van der Waals surface area contributed by atoms with Gasteiger partial charge in [-0.25, -0.2) is 9.97 Å². The lowest BCUT2D eigenvalue weighted by Crippen LogP contribution is -2.57. The lowest BCUT2D eigenvalue weighted by atomic mass is 9.64. The molecule has 0 bridgehead atoms. The number of hydrogen-bond donors (Lipinski definition) is 2. The van der Waals surface area contributed by atoms with E-state index >= 15 is 0 Å². The molecule has 1 aromatic rings. The average molecular weight is 270 g/mol. The van der Waals surface area contributed by atoms with Crippen molar-refractivity contribution in [2.75, 3.05) is 5.32 Å². The van der Waals surface area contributed by atoms with Gasteiger partial charge in [-0.2, -0.15) is 0 Å². The highest BCUT2D eigenvalue weighted by Crippen LogP contribution is 2.42. The molecule has 2 atom stereocenters. The van der Waals surface area contributed by atoms with Gasteiger partial charge >= 0.3 is 0 Å². The molecule has 1 aliphatic rings. The van der Waals surface area contributed by atoms with Crippen LogP contribution in [0.2, 0.25) is 5.15 Å². The molecule has 2 unspecified atom stereocenters.